The Morgan fingerprint density at radius 2 is 0.640 bits per heavy atom. The summed E-state index contributed by atoms with van der Waals surface area (Å²) in [6.07, 6.45) is 7.00. The van der Waals surface area contributed by atoms with E-state index in [9.17, 15) is 0 Å². The Labute approximate surface area is 665 Å². The van der Waals surface area contributed by atoms with E-state index in [-0.39, 0.29) is 5.92 Å². The lowest BCUT2D eigenvalue weighted by Gasteiger charge is -2.26. The molecule has 1 aliphatic carbocycles. The molecule has 0 saturated heterocycles. The minimum Gasteiger partial charge on any atom is -0.456 e. The first-order chi connectivity index (χ1) is 56.5. The van der Waals surface area contributed by atoms with Gasteiger partial charge in [0.2, 0.25) is 0 Å². The molecular weight excluding hydrogens is 1400 g/mol. The normalized spacial score (nSPS) is 13.8. The van der Waals surface area contributed by atoms with Crippen molar-refractivity contribution in [2.24, 2.45) is 0 Å². The molecule has 22 rings (SSSR count). The topological polar surface area (TPSA) is 29.5 Å². The van der Waals surface area contributed by atoms with Crippen LogP contribution in [0, 0.1) is 0 Å². The summed E-state index contributed by atoms with van der Waals surface area (Å²) in [5.74, 6) is 0.234. The minimum atomic E-state index is 0.234. The van der Waals surface area contributed by atoms with E-state index in [1.807, 2.05) is 23.9 Å². The number of para-hydroxylation sites is 6. The summed E-state index contributed by atoms with van der Waals surface area (Å²) in [4.78, 5) is 6.09. The van der Waals surface area contributed by atoms with E-state index in [0.717, 1.165) is 95.3 Å². The molecular formula is C108H72N4OS. The number of allylic oxidation sites excluding steroid dienone is 3. The van der Waals surface area contributed by atoms with Crippen molar-refractivity contribution in [3.63, 3.8) is 0 Å². The maximum Gasteiger partial charge on any atom is 0.135 e. The fraction of sp³-hybridized carbons (Fsp3) is 0.0185. The van der Waals surface area contributed by atoms with Gasteiger partial charge >= 0.3 is 0 Å². The highest BCUT2D eigenvalue weighted by Gasteiger charge is 2.36. The summed E-state index contributed by atoms with van der Waals surface area (Å²) >= 11 is 1.98. The Balaban J connectivity index is 0.534. The maximum atomic E-state index is 6.23. The standard InChI is InChI=1S/C108H72N4OS/c1-2-18-71(19-3-1)73-40-54-83(55-41-73)109(85-58-44-75(45-59-85)80-20-16-21-89(68-80)111-100-30-11-5-23-92(100)93-24-6-12-31-101(93)111)87-62-48-77(49-63-87)82-52-66-97-107(70-82)114-106-35-17-28-91(108(97)106)79-38-36-72(37-39-79)74-42-56-84(57-43-74)110(86-60-46-76(47-61-86)81-53-67-105-98(69-81)96-27-9-15-34-104(96)113-105)88-64-50-78(51-65-88)90-22-4-10-29-99(90)112-102-32-13-7-25-94(102)95-26-8-14-33-103(95)112/h1-70,106,108H. The molecule has 0 saturated carbocycles. The summed E-state index contributed by atoms with van der Waals surface area (Å²) in [5.41, 5.74) is 33.3. The van der Waals surface area contributed by atoms with Crippen LogP contribution in [-0.4, -0.2) is 14.4 Å². The Morgan fingerprint density at radius 3 is 1.18 bits per heavy atom. The van der Waals surface area contributed by atoms with Crippen LogP contribution in [-0.2, 0) is 0 Å². The predicted octanol–water partition coefficient (Wildman–Crippen LogP) is 29.9. The van der Waals surface area contributed by atoms with Gasteiger partial charge in [-0.1, -0.05) is 285 Å². The van der Waals surface area contributed by atoms with Crippen LogP contribution in [0.4, 0.5) is 34.1 Å². The molecule has 0 N–H and O–H groups in total. The number of benzene rings is 17. The van der Waals surface area contributed by atoms with E-state index in [1.54, 1.807) is 0 Å². The number of nitrogens with zero attached hydrogens (tertiary/aromatic N) is 4. The fourth-order valence-corrected chi connectivity index (χ4v) is 19.2. The first kappa shape index (κ1) is 66.5. The zero-order valence-corrected chi connectivity index (χ0v) is 63.0. The van der Waals surface area contributed by atoms with Crippen LogP contribution in [0.1, 0.15) is 17.0 Å². The number of aromatic nitrogens is 2. The van der Waals surface area contributed by atoms with Gasteiger partial charge in [-0.3, -0.25) is 0 Å². The maximum absolute atomic E-state index is 6.23. The third-order valence-electron chi connectivity index (χ3n) is 23.4. The third kappa shape index (κ3) is 11.6. The zero-order valence-electron chi connectivity index (χ0n) is 62.2. The van der Waals surface area contributed by atoms with E-state index in [4.69, 9.17) is 4.42 Å². The molecule has 0 radical (unpaired) electrons. The molecule has 536 valence electrons. The van der Waals surface area contributed by atoms with E-state index >= 15 is 0 Å². The van der Waals surface area contributed by atoms with Gasteiger partial charge in [0.1, 0.15) is 11.2 Å². The summed E-state index contributed by atoms with van der Waals surface area (Å²) in [5, 5.41) is 7.55. The van der Waals surface area contributed by atoms with Crippen molar-refractivity contribution in [3.05, 3.63) is 436 Å². The molecule has 6 heteroatoms. The highest BCUT2D eigenvalue weighted by molar-refractivity contribution is 8.00. The molecule has 0 fully saturated rings. The molecule has 4 heterocycles. The number of anilines is 6. The molecule has 0 amide bonds. The summed E-state index contributed by atoms with van der Waals surface area (Å²) < 4.78 is 11.0. The molecule has 2 aliphatic rings. The van der Waals surface area contributed by atoms with Gasteiger partial charge in [0, 0.05) is 93.8 Å². The van der Waals surface area contributed by atoms with Crippen molar-refractivity contribution in [2.45, 2.75) is 16.1 Å². The van der Waals surface area contributed by atoms with Crippen LogP contribution in [0.3, 0.4) is 0 Å². The van der Waals surface area contributed by atoms with E-state index in [0.29, 0.717) is 5.25 Å². The van der Waals surface area contributed by atoms with Crippen LogP contribution in [0.5, 0.6) is 0 Å². The van der Waals surface area contributed by atoms with Gasteiger partial charge < -0.3 is 23.4 Å². The molecule has 0 spiro atoms. The van der Waals surface area contributed by atoms with E-state index < -0.39 is 0 Å². The minimum absolute atomic E-state index is 0.234. The van der Waals surface area contributed by atoms with Crippen molar-refractivity contribution < 1.29 is 4.42 Å². The molecule has 1 aliphatic heterocycles. The van der Waals surface area contributed by atoms with Gasteiger partial charge in [-0.05, 0) is 217 Å². The monoisotopic (exact) mass is 1470 g/mol. The van der Waals surface area contributed by atoms with Gasteiger partial charge in [0.15, 0.2) is 0 Å². The Bertz CT molecular complexity index is 7050. The highest BCUT2D eigenvalue weighted by atomic mass is 32.2. The molecule has 2 atom stereocenters. The first-order valence-corrected chi connectivity index (χ1v) is 40.0. The van der Waals surface area contributed by atoms with Crippen molar-refractivity contribution in [2.75, 3.05) is 9.80 Å². The van der Waals surface area contributed by atoms with E-state index in [2.05, 4.69) is 431 Å². The average molecular weight is 1470 g/mol. The second kappa shape index (κ2) is 27.8. The predicted molar refractivity (Wildman–Crippen MR) is 480 cm³/mol. The van der Waals surface area contributed by atoms with Gasteiger partial charge in [0.25, 0.3) is 0 Å². The summed E-state index contributed by atoms with van der Waals surface area (Å²) in [7, 11) is 0. The number of thioether (sulfide) groups is 1. The Hall–Kier alpha value is -14.4. The first-order valence-electron chi connectivity index (χ1n) is 39.2. The second-order valence-electron chi connectivity index (χ2n) is 29.8. The van der Waals surface area contributed by atoms with Gasteiger partial charge in [-0.25, -0.2) is 0 Å². The van der Waals surface area contributed by atoms with Crippen LogP contribution >= 0.6 is 11.8 Å². The second-order valence-corrected chi connectivity index (χ2v) is 31.1. The van der Waals surface area contributed by atoms with Crippen LogP contribution in [0.2, 0.25) is 0 Å². The van der Waals surface area contributed by atoms with E-state index in [1.165, 1.54) is 104 Å². The molecule has 17 aromatic carbocycles. The molecule has 5 nitrogen and oxygen atoms in total. The molecule has 114 heavy (non-hydrogen) atoms. The van der Waals surface area contributed by atoms with Gasteiger partial charge in [-0.15, -0.1) is 11.8 Å². The summed E-state index contributed by atoms with van der Waals surface area (Å²) in [6.45, 7) is 0. The van der Waals surface area contributed by atoms with Crippen molar-refractivity contribution in [1.82, 2.24) is 9.13 Å². The SMILES string of the molecule is C1=CC2Sc3cc(-c4ccc(N(c5ccc(-c6ccccc6)cc5)c5ccc(-c6cccc(-n7c8ccccc8c8ccccc87)c6)cc5)cc4)ccc3C2C(c2ccc(-c3ccc(N(c4ccc(-c5ccc6oc7ccccc7c6c5)cc4)c4ccc(-c5ccccc5-n5c6ccccc6c6ccccc65)cc4)cc3)cc2)=C1. The number of hydrogen-bond donors (Lipinski definition) is 0. The summed E-state index contributed by atoms with van der Waals surface area (Å²) in [6, 6.07) is 149. The molecule has 2 unspecified atom stereocenters. The zero-order chi connectivity index (χ0) is 75.2. The van der Waals surface area contributed by atoms with Crippen LogP contribution in [0.25, 0.3) is 149 Å². The van der Waals surface area contributed by atoms with Crippen LogP contribution < -0.4 is 9.80 Å². The number of furan rings is 1. The van der Waals surface area contributed by atoms with Gasteiger partial charge in [0.05, 0.1) is 27.8 Å². The fourth-order valence-electron chi connectivity index (χ4n) is 17.8. The average Bonchev–Trinajstić information content (AvgIpc) is 1.61. The Morgan fingerprint density at radius 1 is 0.263 bits per heavy atom. The highest BCUT2D eigenvalue weighted by Crippen LogP contribution is 2.55. The quantitative estimate of drug-likeness (QED) is 0.102. The molecule has 3 aromatic heterocycles. The lowest BCUT2D eigenvalue weighted by molar-refractivity contribution is 0.669. The number of hydrogen-bond acceptors (Lipinski definition) is 4. The third-order valence-corrected chi connectivity index (χ3v) is 24.7. The van der Waals surface area contributed by atoms with Gasteiger partial charge in [-0.2, -0.15) is 0 Å². The van der Waals surface area contributed by atoms with Crippen LogP contribution in [0.15, 0.2) is 434 Å². The number of fused-ring (bicyclic) bond motifs is 12. The van der Waals surface area contributed by atoms with Crippen molar-refractivity contribution in [1.29, 1.82) is 0 Å². The lowest BCUT2D eigenvalue weighted by Crippen LogP contribution is -2.12. The molecule has 20 aromatic rings. The lowest BCUT2D eigenvalue weighted by atomic mass is 9.81. The molecule has 0 bridgehead atoms. The Kier molecular flexibility index (Phi) is 16.3. The largest absolute Gasteiger partial charge is 0.456 e. The van der Waals surface area contributed by atoms with Crippen molar-refractivity contribution >= 4 is 117 Å². The number of rotatable bonds is 15. The smallest absolute Gasteiger partial charge is 0.135 e. The van der Waals surface area contributed by atoms with Crippen molar-refractivity contribution in [3.8, 4) is 78.1 Å².